The molecule has 1 aromatic carbocycles. The fourth-order valence-electron chi connectivity index (χ4n) is 0.877. The number of phenolic OH excluding ortho intramolecular Hbond substituents is 1. The molecule has 4 nitrogen and oxygen atoms in total. The van der Waals surface area contributed by atoms with Crippen molar-refractivity contribution in [3.05, 3.63) is 23.8 Å². The van der Waals surface area contributed by atoms with Crippen molar-refractivity contribution < 1.29 is 18.1 Å². The van der Waals surface area contributed by atoms with Gasteiger partial charge < -0.3 is 5.11 Å². The second kappa shape index (κ2) is 2.76. The first kappa shape index (κ1) is 9.02. The summed E-state index contributed by atoms with van der Waals surface area (Å²) in [6, 6.07) is 3.66. The Hall–Kier alpha value is -1.07. The molecule has 0 saturated heterocycles. The Morgan fingerprint density at radius 2 is 1.83 bits per heavy atom. The van der Waals surface area contributed by atoms with E-state index < -0.39 is 10.1 Å². The number of hydrogen-bond donors (Lipinski definition) is 2. The lowest BCUT2D eigenvalue weighted by Gasteiger charge is -1.99. The number of aryl methyl sites for hydroxylation is 1. The van der Waals surface area contributed by atoms with Gasteiger partial charge in [-0.3, -0.25) is 4.55 Å². The predicted octanol–water partition coefficient (Wildman–Crippen LogP) is 0.947. The van der Waals surface area contributed by atoms with Crippen LogP contribution in [0, 0.1) is 6.92 Å². The van der Waals surface area contributed by atoms with Crippen LogP contribution in [-0.4, -0.2) is 18.1 Å². The van der Waals surface area contributed by atoms with E-state index in [9.17, 15) is 8.42 Å². The van der Waals surface area contributed by atoms with Crippen molar-refractivity contribution in [3.63, 3.8) is 0 Å². The summed E-state index contributed by atoms with van der Waals surface area (Å²) in [5, 5.41) is 8.98. The summed E-state index contributed by atoms with van der Waals surface area (Å²) >= 11 is 0. The zero-order valence-corrected chi connectivity index (χ0v) is 7.17. The van der Waals surface area contributed by atoms with Gasteiger partial charge in [0.25, 0.3) is 10.1 Å². The summed E-state index contributed by atoms with van der Waals surface area (Å²) in [5.74, 6) is -0.178. The molecular weight excluding hydrogens is 180 g/mol. The quantitative estimate of drug-likeness (QED) is 0.643. The molecule has 1 rings (SSSR count). The maximum Gasteiger partial charge on any atom is 0.294 e. The topological polar surface area (TPSA) is 74.6 Å². The van der Waals surface area contributed by atoms with E-state index in [4.69, 9.17) is 9.66 Å². The standard InChI is InChI=1S/C7H8O4S/c1-5-2-6(8)4-7(3-5)12(9,10)11/h2-4,8H,1H3,(H,9,10,11). The first-order chi connectivity index (χ1) is 5.39. The van der Waals surface area contributed by atoms with E-state index in [0.717, 1.165) is 6.07 Å². The number of rotatable bonds is 1. The molecule has 0 atom stereocenters. The van der Waals surface area contributed by atoms with Crippen LogP contribution in [0.25, 0.3) is 0 Å². The van der Waals surface area contributed by atoms with Crippen molar-refractivity contribution in [1.29, 1.82) is 0 Å². The summed E-state index contributed by atoms with van der Waals surface area (Å²) in [4.78, 5) is -0.292. The lowest BCUT2D eigenvalue weighted by molar-refractivity contribution is 0.465. The Morgan fingerprint density at radius 3 is 2.25 bits per heavy atom. The van der Waals surface area contributed by atoms with Crippen molar-refractivity contribution in [1.82, 2.24) is 0 Å². The van der Waals surface area contributed by atoms with Crippen LogP contribution in [0.15, 0.2) is 23.1 Å². The lowest BCUT2D eigenvalue weighted by Crippen LogP contribution is -1.97. The molecule has 0 fully saturated rings. The minimum Gasteiger partial charge on any atom is -0.508 e. The van der Waals surface area contributed by atoms with Crippen molar-refractivity contribution in [2.75, 3.05) is 0 Å². The lowest BCUT2D eigenvalue weighted by atomic mass is 10.2. The second-order valence-corrected chi connectivity index (χ2v) is 3.90. The molecular formula is C7H8O4S. The van der Waals surface area contributed by atoms with Gasteiger partial charge >= 0.3 is 0 Å². The Morgan fingerprint density at radius 1 is 1.25 bits per heavy atom. The highest BCUT2D eigenvalue weighted by Crippen LogP contribution is 2.18. The summed E-state index contributed by atoms with van der Waals surface area (Å²) < 4.78 is 29.8. The van der Waals surface area contributed by atoms with Crippen molar-refractivity contribution in [2.24, 2.45) is 0 Å². The number of benzene rings is 1. The van der Waals surface area contributed by atoms with Crippen LogP contribution in [0.2, 0.25) is 0 Å². The molecule has 0 heterocycles. The van der Waals surface area contributed by atoms with E-state index >= 15 is 0 Å². The minimum atomic E-state index is -4.21. The van der Waals surface area contributed by atoms with Crippen LogP contribution in [0.1, 0.15) is 5.56 Å². The number of aromatic hydroxyl groups is 1. The highest BCUT2D eigenvalue weighted by atomic mass is 32.2. The Labute approximate surface area is 70.2 Å². The van der Waals surface area contributed by atoms with Gasteiger partial charge in [0.05, 0.1) is 4.90 Å². The number of phenols is 1. The van der Waals surface area contributed by atoms with E-state index in [-0.39, 0.29) is 10.6 Å². The summed E-state index contributed by atoms with van der Waals surface area (Å²) in [6.45, 7) is 1.62. The molecule has 0 spiro atoms. The molecule has 0 amide bonds. The third-order valence-corrected chi connectivity index (χ3v) is 2.16. The van der Waals surface area contributed by atoms with Gasteiger partial charge in [0.1, 0.15) is 5.75 Å². The van der Waals surface area contributed by atoms with Gasteiger partial charge in [-0.2, -0.15) is 8.42 Å². The maximum atomic E-state index is 10.6. The monoisotopic (exact) mass is 188 g/mol. The first-order valence-electron chi connectivity index (χ1n) is 3.18. The van der Waals surface area contributed by atoms with Crippen molar-refractivity contribution in [2.45, 2.75) is 11.8 Å². The second-order valence-electron chi connectivity index (χ2n) is 2.48. The van der Waals surface area contributed by atoms with E-state index in [1.165, 1.54) is 12.1 Å². The van der Waals surface area contributed by atoms with E-state index in [1.807, 2.05) is 0 Å². The molecule has 0 saturated carbocycles. The van der Waals surface area contributed by atoms with E-state index in [0.29, 0.717) is 5.56 Å². The van der Waals surface area contributed by atoms with Crippen molar-refractivity contribution >= 4 is 10.1 Å². The van der Waals surface area contributed by atoms with Gasteiger partial charge in [-0.1, -0.05) is 0 Å². The number of hydrogen-bond acceptors (Lipinski definition) is 3. The normalized spacial score (nSPS) is 11.5. The van der Waals surface area contributed by atoms with Gasteiger partial charge in [-0.05, 0) is 24.6 Å². The molecule has 12 heavy (non-hydrogen) atoms. The summed E-state index contributed by atoms with van der Waals surface area (Å²) in [5.41, 5.74) is 0.572. The highest BCUT2D eigenvalue weighted by molar-refractivity contribution is 7.85. The fourth-order valence-corrected chi connectivity index (χ4v) is 1.48. The molecule has 0 unspecified atom stereocenters. The van der Waals surface area contributed by atoms with E-state index in [1.54, 1.807) is 6.92 Å². The van der Waals surface area contributed by atoms with Crippen LogP contribution >= 0.6 is 0 Å². The molecule has 66 valence electrons. The zero-order chi connectivity index (χ0) is 9.35. The third kappa shape index (κ3) is 1.96. The molecule has 5 heteroatoms. The largest absolute Gasteiger partial charge is 0.508 e. The van der Waals surface area contributed by atoms with Crippen molar-refractivity contribution in [3.8, 4) is 5.75 Å². The van der Waals surface area contributed by atoms with Crippen LogP contribution < -0.4 is 0 Å². The van der Waals surface area contributed by atoms with Gasteiger partial charge in [-0.25, -0.2) is 0 Å². The molecule has 0 aliphatic carbocycles. The van der Waals surface area contributed by atoms with Crippen LogP contribution in [0.5, 0.6) is 5.75 Å². The highest BCUT2D eigenvalue weighted by Gasteiger charge is 2.10. The smallest absolute Gasteiger partial charge is 0.294 e. The maximum absolute atomic E-state index is 10.6. The fraction of sp³-hybridized carbons (Fsp3) is 0.143. The Kier molecular flexibility index (Phi) is 2.08. The SMILES string of the molecule is Cc1cc(O)cc(S(=O)(=O)O)c1. The van der Waals surface area contributed by atoms with Gasteiger partial charge in [0.15, 0.2) is 0 Å². The molecule has 0 radical (unpaired) electrons. The first-order valence-corrected chi connectivity index (χ1v) is 4.62. The molecule has 0 bridgehead atoms. The summed E-state index contributed by atoms with van der Waals surface area (Å²) in [7, 11) is -4.21. The Bertz CT molecular complexity index is 374. The third-order valence-electron chi connectivity index (χ3n) is 1.33. The Balaban J connectivity index is 3.37. The molecule has 0 aliphatic rings. The van der Waals surface area contributed by atoms with E-state index in [2.05, 4.69) is 0 Å². The van der Waals surface area contributed by atoms with Gasteiger partial charge in [-0.15, -0.1) is 0 Å². The molecule has 0 aliphatic heterocycles. The zero-order valence-electron chi connectivity index (χ0n) is 6.35. The average molecular weight is 188 g/mol. The van der Waals surface area contributed by atoms with Crippen LogP contribution in [0.4, 0.5) is 0 Å². The van der Waals surface area contributed by atoms with Crippen LogP contribution in [-0.2, 0) is 10.1 Å². The van der Waals surface area contributed by atoms with Gasteiger partial charge in [0.2, 0.25) is 0 Å². The molecule has 1 aromatic rings. The van der Waals surface area contributed by atoms with Crippen LogP contribution in [0.3, 0.4) is 0 Å². The average Bonchev–Trinajstić information content (AvgIpc) is 1.82. The molecule has 2 N–H and O–H groups in total. The predicted molar refractivity (Wildman–Crippen MR) is 42.7 cm³/mol. The van der Waals surface area contributed by atoms with Gasteiger partial charge in [0, 0.05) is 6.07 Å². The molecule has 0 aromatic heterocycles. The summed E-state index contributed by atoms with van der Waals surface area (Å²) in [6.07, 6.45) is 0. The minimum absolute atomic E-state index is 0.178.